The predicted octanol–water partition coefficient (Wildman–Crippen LogP) is 0.496. The minimum atomic E-state index is -0.516. The van der Waals surface area contributed by atoms with Crippen molar-refractivity contribution in [2.24, 2.45) is 0 Å². The van der Waals surface area contributed by atoms with Crippen LogP contribution in [0, 0.1) is 10.1 Å². The molecule has 0 spiro atoms. The number of aromatic nitrogens is 2. The molecule has 1 aromatic rings. The zero-order chi connectivity index (χ0) is 14.2. The molecule has 1 saturated heterocycles. The summed E-state index contributed by atoms with van der Waals surface area (Å²) in [5, 5.41) is 11.1. The number of rotatable bonds is 2. The van der Waals surface area contributed by atoms with E-state index in [2.05, 4.69) is 35.8 Å². The predicted molar refractivity (Wildman–Crippen MR) is 72.0 cm³/mol. The van der Waals surface area contributed by atoms with E-state index in [1.54, 1.807) is 0 Å². The molecule has 0 aliphatic carbocycles. The minimum Gasteiger partial charge on any atom is -0.378 e. The number of anilines is 2. The van der Waals surface area contributed by atoms with Gasteiger partial charge >= 0.3 is 5.69 Å². The van der Waals surface area contributed by atoms with Crippen LogP contribution in [0.4, 0.5) is 17.3 Å². The number of nitro groups is 1. The fourth-order valence-electron chi connectivity index (χ4n) is 2.37. The Bertz CT molecular complexity index is 482. The molecule has 2 unspecified atom stereocenters. The second-order valence-corrected chi connectivity index (χ2v) is 4.96. The van der Waals surface area contributed by atoms with Crippen LogP contribution in [0.15, 0.2) is 6.33 Å². The van der Waals surface area contributed by atoms with Gasteiger partial charge in [-0.3, -0.25) is 15.0 Å². The Morgan fingerprint density at radius 3 is 2.47 bits per heavy atom. The third-order valence-electron chi connectivity index (χ3n) is 3.67. The summed E-state index contributed by atoms with van der Waals surface area (Å²) >= 11 is 0. The Balaban J connectivity index is 2.37. The van der Waals surface area contributed by atoms with Crippen molar-refractivity contribution in [3.05, 3.63) is 16.4 Å². The smallest absolute Gasteiger partial charge is 0.353 e. The highest BCUT2D eigenvalue weighted by Gasteiger charge is 2.32. The first kappa shape index (κ1) is 13.5. The molecule has 0 bridgehead atoms. The zero-order valence-corrected chi connectivity index (χ0v) is 11.3. The number of nitrogens with zero attached hydrogens (tertiary/aromatic N) is 5. The summed E-state index contributed by atoms with van der Waals surface area (Å²) < 4.78 is 0. The van der Waals surface area contributed by atoms with Gasteiger partial charge in [-0.1, -0.05) is 0 Å². The normalized spacial score (nSPS) is 24.5. The first-order chi connectivity index (χ1) is 8.91. The summed E-state index contributed by atoms with van der Waals surface area (Å²) in [6.07, 6.45) is 1.27. The molecule has 2 rings (SSSR count). The van der Waals surface area contributed by atoms with Gasteiger partial charge in [-0.05, 0) is 20.9 Å². The van der Waals surface area contributed by atoms with Gasteiger partial charge in [0.1, 0.15) is 6.33 Å². The Hall–Kier alpha value is -1.96. The summed E-state index contributed by atoms with van der Waals surface area (Å²) in [4.78, 5) is 22.5. The van der Waals surface area contributed by atoms with Crippen LogP contribution in [0.1, 0.15) is 13.8 Å². The topological polar surface area (TPSA) is 101 Å². The lowest BCUT2D eigenvalue weighted by molar-refractivity contribution is -0.383. The van der Waals surface area contributed by atoms with E-state index in [0.717, 1.165) is 0 Å². The molecule has 2 N–H and O–H groups in total. The monoisotopic (exact) mass is 266 g/mol. The van der Waals surface area contributed by atoms with Crippen molar-refractivity contribution in [1.82, 2.24) is 14.9 Å². The first-order valence-corrected chi connectivity index (χ1v) is 6.13. The molecule has 1 aromatic heterocycles. The highest BCUT2D eigenvalue weighted by molar-refractivity contribution is 5.68. The third kappa shape index (κ3) is 2.43. The van der Waals surface area contributed by atoms with E-state index in [1.165, 1.54) is 6.33 Å². The molecule has 2 atom stereocenters. The molecule has 1 aliphatic heterocycles. The lowest BCUT2D eigenvalue weighted by Crippen LogP contribution is -2.55. The molecule has 104 valence electrons. The molecule has 0 saturated carbocycles. The third-order valence-corrected chi connectivity index (χ3v) is 3.67. The summed E-state index contributed by atoms with van der Waals surface area (Å²) in [6, 6.07) is 0.582. The molecule has 0 aromatic carbocycles. The zero-order valence-electron chi connectivity index (χ0n) is 11.3. The van der Waals surface area contributed by atoms with E-state index < -0.39 is 4.92 Å². The van der Waals surface area contributed by atoms with Gasteiger partial charge < -0.3 is 10.6 Å². The number of hydrogen-bond acceptors (Lipinski definition) is 7. The molecule has 8 nitrogen and oxygen atoms in total. The van der Waals surface area contributed by atoms with Crippen molar-refractivity contribution in [2.75, 3.05) is 30.8 Å². The second kappa shape index (κ2) is 4.96. The molecule has 1 aliphatic rings. The fourth-order valence-corrected chi connectivity index (χ4v) is 2.37. The highest BCUT2D eigenvalue weighted by atomic mass is 16.6. The van der Waals surface area contributed by atoms with Crippen LogP contribution in [-0.2, 0) is 0 Å². The average Bonchev–Trinajstić information content (AvgIpc) is 2.34. The van der Waals surface area contributed by atoms with Crippen molar-refractivity contribution in [3.63, 3.8) is 0 Å². The quantitative estimate of drug-likeness (QED) is 0.614. The molecule has 2 heterocycles. The molecule has 19 heavy (non-hydrogen) atoms. The molecule has 0 amide bonds. The Kier molecular flexibility index (Phi) is 3.52. The van der Waals surface area contributed by atoms with Crippen LogP contribution >= 0.6 is 0 Å². The van der Waals surface area contributed by atoms with Gasteiger partial charge in [0.15, 0.2) is 0 Å². The number of nitrogen functional groups attached to an aromatic ring is 1. The van der Waals surface area contributed by atoms with Gasteiger partial charge in [0, 0.05) is 25.2 Å². The summed E-state index contributed by atoms with van der Waals surface area (Å²) in [5.41, 5.74) is 5.39. The van der Waals surface area contributed by atoms with Crippen LogP contribution in [0.25, 0.3) is 0 Å². The molecular weight excluding hydrogens is 248 g/mol. The number of likely N-dealkylation sites (N-methyl/N-ethyl adjacent to an activating group) is 1. The van der Waals surface area contributed by atoms with Crippen LogP contribution in [0.5, 0.6) is 0 Å². The van der Waals surface area contributed by atoms with Gasteiger partial charge in [-0.25, -0.2) is 9.97 Å². The maximum Gasteiger partial charge on any atom is 0.353 e. The molecular formula is C11H18N6O2. The maximum atomic E-state index is 11.1. The largest absolute Gasteiger partial charge is 0.378 e. The second-order valence-electron chi connectivity index (χ2n) is 4.96. The van der Waals surface area contributed by atoms with Crippen molar-refractivity contribution in [2.45, 2.75) is 25.9 Å². The lowest BCUT2D eigenvalue weighted by Gasteiger charge is -2.42. The summed E-state index contributed by atoms with van der Waals surface area (Å²) in [5.74, 6) is 0.221. The molecule has 1 fully saturated rings. The number of hydrogen-bond donors (Lipinski definition) is 1. The van der Waals surface area contributed by atoms with Crippen LogP contribution in [0.3, 0.4) is 0 Å². The Morgan fingerprint density at radius 2 is 1.95 bits per heavy atom. The van der Waals surface area contributed by atoms with Crippen molar-refractivity contribution in [1.29, 1.82) is 0 Å². The van der Waals surface area contributed by atoms with Crippen LogP contribution < -0.4 is 10.6 Å². The average molecular weight is 266 g/mol. The maximum absolute atomic E-state index is 11.1. The molecule has 8 heteroatoms. The van der Waals surface area contributed by atoms with E-state index in [4.69, 9.17) is 5.73 Å². The van der Waals surface area contributed by atoms with Gasteiger partial charge in [0.05, 0.1) is 4.92 Å². The number of nitrogens with two attached hydrogens (primary N) is 1. The van der Waals surface area contributed by atoms with Crippen LogP contribution in [0.2, 0.25) is 0 Å². The Morgan fingerprint density at radius 1 is 1.37 bits per heavy atom. The van der Waals surface area contributed by atoms with Gasteiger partial charge in [0.25, 0.3) is 0 Å². The van der Waals surface area contributed by atoms with E-state index >= 15 is 0 Å². The first-order valence-electron chi connectivity index (χ1n) is 6.13. The van der Waals surface area contributed by atoms with Crippen molar-refractivity contribution in [3.8, 4) is 0 Å². The highest BCUT2D eigenvalue weighted by Crippen LogP contribution is 2.31. The summed E-state index contributed by atoms with van der Waals surface area (Å²) in [7, 11) is 2.05. The van der Waals surface area contributed by atoms with E-state index in [1.807, 2.05) is 4.90 Å². The summed E-state index contributed by atoms with van der Waals surface area (Å²) in [6.45, 7) is 5.52. The standard InChI is InChI=1S/C11H18N6O2/c1-7-4-16(5-8(2)15(7)3)11-9(17(18)19)10(12)13-6-14-11/h6-8H,4-5H2,1-3H3,(H2,12,13,14). The van der Waals surface area contributed by atoms with E-state index in [9.17, 15) is 10.1 Å². The van der Waals surface area contributed by atoms with E-state index in [-0.39, 0.29) is 11.5 Å². The molecule has 0 radical (unpaired) electrons. The van der Waals surface area contributed by atoms with Crippen molar-refractivity contribution < 1.29 is 4.92 Å². The van der Waals surface area contributed by atoms with Gasteiger partial charge in [-0.2, -0.15) is 0 Å². The SMILES string of the molecule is CC1CN(c2ncnc(N)c2[N+](=O)[O-])CC(C)N1C. The van der Waals surface area contributed by atoms with Crippen LogP contribution in [-0.4, -0.2) is 52.0 Å². The van der Waals surface area contributed by atoms with Crippen molar-refractivity contribution >= 4 is 17.3 Å². The van der Waals surface area contributed by atoms with E-state index in [0.29, 0.717) is 31.0 Å². The minimum absolute atomic E-state index is 0.0887. The lowest BCUT2D eigenvalue weighted by atomic mass is 10.1. The van der Waals surface area contributed by atoms with Gasteiger partial charge in [-0.15, -0.1) is 0 Å². The fraction of sp³-hybridized carbons (Fsp3) is 0.636. The van der Waals surface area contributed by atoms with Gasteiger partial charge in [0.2, 0.25) is 11.6 Å². The number of piperazine rings is 1. The Labute approximate surface area is 111 Å².